The van der Waals surface area contributed by atoms with E-state index in [-0.39, 0.29) is 14.9 Å². The van der Waals surface area contributed by atoms with Crippen LogP contribution in [-0.2, 0) is 25.7 Å². The fourth-order valence-electron chi connectivity index (χ4n) is 3.70. The third-order valence-corrected chi connectivity index (χ3v) is 10.8. The Balaban J connectivity index is 0.000000729. The van der Waals surface area contributed by atoms with Crippen LogP contribution in [0.3, 0.4) is 0 Å². The molecule has 2 heterocycles. The number of H-pyrrole nitrogens is 1. The van der Waals surface area contributed by atoms with E-state index in [4.69, 9.17) is 25.8 Å². The van der Waals surface area contributed by atoms with Crippen molar-refractivity contribution in [2.24, 2.45) is 0 Å². The second-order valence-electron chi connectivity index (χ2n) is 12.4. The molecule has 0 amide bonds. The Morgan fingerprint density at radius 2 is 1.32 bits per heavy atom. The fourth-order valence-corrected chi connectivity index (χ4v) is 6.04. The first-order chi connectivity index (χ1) is 21.1. The Labute approximate surface area is 303 Å². The molecule has 47 heavy (non-hydrogen) atoms. The summed E-state index contributed by atoms with van der Waals surface area (Å²) in [5, 5.41) is 12.5. The van der Waals surface area contributed by atoms with Crippen molar-refractivity contribution in [3.8, 4) is 0 Å². The molecule has 0 bridgehead atoms. The van der Waals surface area contributed by atoms with Crippen molar-refractivity contribution in [2.45, 2.75) is 73.0 Å². The number of rotatable bonds is 11. The average Bonchev–Trinajstić information content (AvgIpc) is 3.55. The van der Waals surface area contributed by atoms with Crippen molar-refractivity contribution in [2.75, 3.05) is 33.5 Å². The number of alkyl halides is 1. The average molecular weight is 839 g/mol. The summed E-state index contributed by atoms with van der Waals surface area (Å²) in [6.45, 7) is 15.8. The van der Waals surface area contributed by atoms with Gasteiger partial charge in [0, 0.05) is 49.1 Å². The van der Waals surface area contributed by atoms with Crippen LogP contribution in [-0.4, -0.2) is 81.6 Å². The largest absolute Gasteiger partial charge is 0.464 e. The molecule has 4 aromatic rings. The molecule has 2 aromatic heterocycles. The van der Waals surface area contributed by atoms with E-state index in [1.165, 1.54) is 20.3 Å². The first kappa shape index (κ1) is 44.9. The van der Waals surface area contributed by atoms with Crippen molar-refractivity contribution in [1.29, 1.82) is 0 Å². The first-order valence-electron chi connectivity index (χ1n) is 14.3. The van der Waals surface area contributed by atoms with Gasteiger partial charge in [0.25, 0.3) is 0 Å². The van der Waals surface area contributed by atoms with Crippen LogP contribution in [0.1, 0.15) is 35.8 Å². The van der Waals surface area contributed by atoms with Crippen molar-refractivity contribution in [3.05, 3.63) is 56.7 Å². The molecule has 1 N–H and O–H groups in total. The maximum atomic E-state index is 11.9. The van der Waals surface area contributed by atoms with Gasteiger partial charge in [-0.05, 0) is 48.5 Å². The first-order valence-corrected chi connectivity index (χ1v) is 23.8. The maximum absolute atomic E-state index is 11.9. The van der Waals surface area contributed by atoms with E-state index in [0.29, 0.717) is 30.8 Å². The summed E-state index contributed by atoms with van der Waals surface area (Å²) in [5.74, 6) is -0.877. The lowest BCUT2D eigenvalue weighted by Crippen LogP contribution is -2.22. The number of aromatic nitrogens is 4. The number of hydrogen-bond donors (Lipinski definition) is 1. The molecule has 0 saturated heterocycles. The molecule has 0 unspecified atom stereocenters. The third-order valence-electron chi connectivity index (χ3n) is 6.28. The van der Waals surface area contributed by atoms with Gasteiger partial charge in [0.2, 0.25) is 0 Å². The SMILES string of the molecule is C.C.COC(=O)c1n[nH]c2ccc(Br)cc12.COC(=O)c1nn(COCC[Si](C)(C)C)c2ccc(Br)cc12.C[Si](C)(C)CCOCCl. The summed E-state index contributed by atoms with van der Waals surface area (Å²) >= 11 is 12.1. The minimum absolute atomic E-state index is 0. The van der Waals surface area contributed by atoms with Crippen LogP contribution in [0, 0.1) is 0 Å². The van der Waals surface area contributed by atoms with E-state index in [2.05, 4.69) is 91.2 Å². The van der Waals surface area contributed by atoms with Crippen LogP contribution in [0.25, 0.3) is 21.8 Å². The molecule has 4 rings (SSSR count). The number of halogens is 3. The molecule has 0 aliphatic rings. The van der Waals surface area contributed by atoms with Crippen LogP contribution in [0.2, 0.25) is 51.4 Å². The molecule has 10 nitrogen and oxygen atoms in total. The standard InChI is InChI=1S/C15H21BrN2O3Si.C9H7BrN2O2.C6H15ClOSi.2CH4/c1-20-15(19)14-12-9-11(16)5-6-13(12)18(17-14)10-21-7-8-22(2,3)4;1-14-9(13)8-6-4-5(10)2-3-7(6)11-12-8;1-9(2,3)5-4-8-6-7;;/h5-6,9H,7-8,10H2,1-4H3;2-4H,1H3,(H,11,12);4-6H2,1-3H3;2*1H4. The molecule has 15 heteroatoms. The van der Waals surface area contributed by atoms with Crippen LogP contribution in [0.4, 0.5) is 0 Å². The molecule has 0 atom stereocenters. The summed E-state index contributed by atoms with van der Waals surface area (Å²) < 4.78 is 23.6. The highest BCUT2D eigenvalue weighted by Gasteiger charge is 2.19. The van der Waals surface area contributed by atoms with E-state index in [9.17, 15) is 9.59 Å². The van der Waals surface area contributed by atoms with E-state index in [1.54, 1.807) is 4.68 Å². The Morgan fingerprint density at radius 1 is 0.809 bits per heavy atom. The smallest absolute Gasteiger partial charge is 0.359 e. The second kappa shape index (κ2) is 21.1. The van der Waals surface area contributed by atoms with Crippen LogP contribution in [0.15, 0.2) is 45.3 Å². The van der Waals surface area contributed by atoms with Gasteiger partial charge in [-0.2, -0.15) is 10.2 Å². The lowest BCUT2D eigenvalue weighted by Gasteiger charge is -2.15. The predicted octanol–water partition coefficient (Wildman–Crippen LogP) is 9.82. The van der Waals surface area contributed by atoms with E-state index < -0.39 is 28.1 Å². The summed E-state index contributed by atoms with van der Waals surface area (Å²) in [6, 6.07) is 13.9. The number of nitrogens with zero attached hydrogens (tertiary/aromatic N) is 3. The lowest BCUT2D eigenvalue weighted by molar-refractivity contribution is 0.0580. The third kappa shape index (κ3) is 15.3. The second-order valence-corrected chi connectivity index (χ2v) is 25.7. The van der Waals surface area contributed by atoms with E-state index >= 15 is 0 Å². The number of esters is 2. The molecule has 0 saturated carbocycles. The summed E-state index contributed by atoms with van der Waals surface area (Å²) in [6.07, 6.45) is 0. The number of hydrogen-bond acceptors (Lipinski definition) is 8. The van der Waals surface area contributed by atoms with E-state index in [0.717, 1.165) is 43.4 Å². The van der Waals surface area contributed by atoms with Crippen molar-refractivity contribution < 1.29 is 28.5 Å². The zero-order valence-corrected chi connectivity index (χ0v) is 33.1. The molecule has 2 aromatic carbocycles. The van der Waals surface area contributed by atoms with Gasteiger partial charge in [0.1, 0.15) is 12.8 Å². The van der Waals surface area contributed by atoms with E-state index in [1.807, 2.05) is 36.4 Å². The number of carbonyl (C=O) groups is 2. The zero-order valence-electron chi connectivity index (χ0n) is 27.1. The predicted molar refractivity (Wildman–Crippen MR) is 206 cm³/mol. The van der Waals surface area contributed by atoms with Gasteiger partial charge in [-0.1, -0.05) is 97.6 Å². The van der Waals surface area contributed by atoms with Gasteiger partial charge >= 0.3 is 11.9 Å². The van der Waals surface area contributed by atoms with Gasteiger partial charge < -0.3 is 18.9 Å². The number of ether oxygens (including phenoxy) is 4. The highest BCUT2D eigenvalue weighted by Crippen LogP contribution is 2.24. The van der Waals surface area contributed by atoms with Crippen molar-refractivity contribution in [1.82, 2.24) is 20.0 Å². The summed E-state index contributed by atoms with van der Waals surface area (Å²) in [4.78, 5) is 23.1. The van der Waals surface area contributed by atoms with Gasteiger partial charge in [-0.3, -0.25) is 5.10 Å². The summed E-state index contributed by atoms with van der Waals surface area (Å²) in [5.41, 5.74) is 2.29. The minimum Gasteiger partial charge on any atom is -0.464 e. The molecule has 264 valence electrons. The highest BCUT2D eigenvalue weighted by atomic mass is 79.9. The van der Waals surface area contributed by atoms with Gasteiger partial charge in [-0.15, -0.1) is 0 Å². The summed E-state index contributed by atoms with van der Waals surface area (Å²) in [7, 11) is 0.703. The zero-order chi connectivity index (χ0) is 33.8. The minimum atomic E-state index is -1.11. The maximum Gasteiger partial charge on any atom is 0.359 e. The molecular formula is C32H51Br2ClN4O6Si2. The molecule has 0 spiro atoms. The molecule has 0 aliphatic heterocycles. The quantitative estimate of drug-likeness (QED) is 0.0687. The lowest BCUT2D eigenvalue weighted by atomic mass is 10.2. The molecule has 0 fully saturated rings. The Bertz CT molecular complexity index is 1550. The van der Waals surface area contributed by atoms with Crippen LogP contribution < -0.4 is 0 Å². The van der Waals surface area contributed by atoms with Crippen LogP contribution in [0.5, 0.6) is 0 Å². The Hall–Kier alpha value is -2.08. The van der Waals surface area contributed by atoms with Gasteiger partial charge in [0.05, 0.1) is 25.3 Å². The number of benzene rings is 2. The van der Waals surface area contributed by atoms with Gasteiger partial charge in [0.15, 0.2) is 11.4 Å². The van der Waals surface area contributed by atoms with Crippen molar-refractivity contribution in [3.63, 3.8) is 0 Å². The molecule has 0 radical (unpaired) electrons. The number of carbonyl (C=O) groups excluding carboxylic acids is 2. The molecule has 0 aliphatic carbocycles. The monoisotopic (exact) mass is 836 g/mol. The van der Waals surface area contributed by atoms with Crippen molar-refractivity contribution >= 4 is 93.4 Å². The fraction of sp³-hybridized carbons (Fsp3) is 0.500. The van der Waals surface area contributed by atoms with Gasteiger partial charge in [-0.25, -0.2) is 14.3 Å². The number of methoxy groups -OCH3 is 2. The highest BCUT2D eigenvalue weighted by molar-refractivity contribution is 9.10. The Morgan fingerprint density at radius 3 is 1.85 bits per heavy atom. The Kier molecular flexibility index (Phi) is 20.2. The number of fused-ring (bicyclic) bond motifs is 2. The molecular weight excluding hydrogens is 788 g/mol. The topological polar surface area (TPSA) is 118 Å². The number of aromatic amines is 1. The number of nitrogens with one attached hydrogen (secondary N) is 1. The van der Waals surface area contributed by atoms with Crippen LogP contribution >= 0.6 is 43.5 Å². The normalized spacial score (nSPS) is 11.0.